The largest absolute Gasteiger partial charge is 0.490 e. The van der Waals surface area contributed by atoms with Crippen LogP contribution in [0, 0.1) is 5.92 Å². The summed E-state index contributed by atoms with van der Waals surface area (Å²) in [5.41, 5.74) is 1.40. The van der Waals surface area contributed by atoms with Gasteiger partial charge in [-0.3, -0.25) is 4.79 Å². The van der Waals surface area contributed by atoms with Crippen LogP contribution in [0.5, 0.6) is 0 Å². The number of aliphatic carboxylic acids is 1. The molecule has 1 aromatic carbocycles. The highest BCUT2D eigenvalue weighted by atomic mass is 19.4. The molecule has 1 spiro atoms. The first-order valence-electron chi connectivity index (χ1n) is 10.6. The maximum Gasteiger partial charge on any atom is 0.490 e. The lowest BCUT2D eigenvalue weighted by Crippen LogP contribution is -2.46. The summed E-state index contributed by atoms with van der Waals surface area (Å²) >= 11 is 0. The number of halogens is 3. The lowest BCUT2D eigenvalue weighted by atomic mass is 9.87. The number of hydrogen-bond acceptors (Lipinski definition) is 3. The number of benzene rings is 1. The van der Waals surface area contributed by atoms with Gasteiger partial charge in [0.15, 0.2) is 0 Å². The van der Waals surface area contributed by atoms with Gasteiger partial charge in [0.2, 0.25) is 5.91 Å². The molecule has 8 heteroatoms. The third-order valence-corrected chi connectivity index (χ3v) is 6.33. The molecule has 166 valence electrons. The molecule has 0 aromatic heterocycles. The Morgan fingerprint density at radius 3 is 2.37 bits per heavy atom. The Morgan fingerprint density at radius 1 is 1.10 bits per heavy atom. The number of amides is 1. The van der Waals surface area contributed by atoms with E-state index in [1.54, 1.807) is 0 Å². The van der Waals surface area contributed by atoms with Gasteiger partial charge in [-0.2, -0.15) is 13.2 Å². The van der Waals surface area contributed by atoms with Crippen molar-refractivity contribution in [2.24, 2.45) is 5.92 Å². The van der Waals surface area contributed by atoms with Crippen LogP contribution >= 0.6 is 0 Å². The molecule has 5 nitrogen and oxygen atoms in total. The summed E-state index contributed by atoms with van der Waals surface area (Å²) in [7, 11) is 0. The van der Waals surface area contributed by atoms with Crippen molar-refractivity contribution >= 4 is 11.9 Å². The average molecular weight is 426 g/mol. The molecule has 1 aromatic rings. The molecule has 0 bridgehead atoms. The van der Waals surface area contributed by atoms with Crippen LogP contribution in [-0.2, 0) is 16.1 Å². The first-order valence-corrected chi connectivity index (χ1v) is 10.6. The Morgan fingerprint density at radius 2 is 1.77 bits per heavy atom. The zero-order valence-corrected chi connectivity index (χ0v) is 17.0. The molecule has 0 radical (unpaired) electrons. The van der Waals surface area contributed by atoms with E-state index in [0.717, 1.165) is 31.7 Å². The molecule has 4 rings (SSSR count). The SMILES string of the molecule is O=C(O)C(F)(F)F.O=C1CCC2(CCCN(CC3CC3)CC2)N1Cc1ccccc1. The molecular weight excluding hydrogens is 397 g/mol. The zero-order valence-electron chi connectivity index (χ0n) is 17.0. The summed E-state index contributed by atoms with van der Waals surface area (Å²) in [5.74, 6) is -1.42. The molecule has 3 aliphatic rings. The Bertz CT molecular complexity index is 737. The van der Waals surface area contributed by atoms with Gasteiger partial charge in [0.1, 0.15) is 0 Å². The molecule has 1 atom stereocenters. The molecule has 2 aliphatic heterocycles. The Balaban J connectivity index is 0.000000318. The van der Waals surface area contributed by atoms with E-state index in [2.05, 4.69) is 34.1 Å². The predicted molar refractivity (Wildman–Crippen MR) is 106 cm³/mol. The van der Waals surface area contributed by atoms with Crippen molar-refractivity contribution in [3.05, 3.63) is 35.9 Å². The maximum atomic E-state index is 12.5. The number of carbonyl (C=O) groups is 2. The Hall–Kier alpha value is -2.09. The van der Waals surface area contributed by atoms with Gasteiger partial charge in [0.05, 0.1) is 0 Å². The topological polar surface area (TPSA) is 60.9 Å². The summed E-state index contributed by atoms with van der Waals surface area (Å²) in [6.45, 7) is 4.49. The smallest absolute Gasteiger partial charge is 0.475 e. The molecule has 2 heterocycles. The van der Waals surface area contributed by atoms with E-state index in [1.165, 1.54) is 50.9 Å². The molecule has 1 amide bonds. The highest BCUT2D eigenvalue weighted by Gasteiger charge is 2.45. The number of alkyl halides is 3. The minimum Gasteiger partial charge on any atom is -0.475 e. The number of rotatable bonds is 4. The first kappa shape index (κ1) is 22.6. The van der Waals surface area contributed by atoms with Gasteiger partial charge in [-0.15, -0.1) is 0 Å². The second kappa shape index (κ2) is 9.37. The van der Waals surface area contributed by atoms with Gasteiger partial charge in [-0.25, -0.2) is 4.79 Å². The van der Waals surface area contributed by atoms with E-state index < -0.39 is 12.1 Å². The van der Waals surface area contributed by atoms with Crippen molar-refractivity contribution in [2.75, 3.05) is 19.6 Å². The minimum atomic E-state index is -5.08. The summed E-state index contributed by atoms with van der Waals surface area (Å²) < 4.78 is 31.7. The highest BCUT2D eigenvalue weighted by Crippen LogP contribution is 2.40. The van der Waals surface area contributed by atoms with Crippen molar-refractivity contribution in [3.8, 4) is 0 Å². The third-order valence-electron chi connectivity index (χ3n) is 6.33. The number of likely N-dealkylation sites (tertiary alicyclic amines) is 2. The fraction of sp³-hybridized carbons (Fsp3) is 0.636. The number of carboxylic acids is 1. The lowest BCUT2D eigenvalue weighted by molar-refractivity contribution is -0.192. The van der Waals surface area contributed by atoms with Gasteiger partial charge < -0.3 is 14.9 Å². The molecule has 1 unspecified atom stereocenters. The monoisotopic (exact) mass is 426 g/mol. The van der Waals surface area contributed by atoms with Crippen LogP contribution in [0.25, 0.3) is 0 Å². The van der Waals surface area contributed by atoms with Crippen LogP contribution in [0.3, 0.4) is 0 Å². The summed E-state index contributed by atoms with van der Waals surface area (Å²) in [6.07, 6.45) is 3.18. The number of carboxylic acid groups (broad SMARTS) is 1. The zero-order chi connectivity index (χ0) is 21.8. The molecule has 1 aliphatic carbocycles. The van der Waals surface area contributed by atoms with E-state index in [0.29, 0.717) is 5.91 Å². The summed E-state index contributed by atoms with van der Waals surface area (Å²) in [5, 5.41) is 7.12. The van der Waals surface area contributed by atoms with Gasteiger partial charge in [-0.05, 0) is 56.6 Å². The molecule has 1 saturated carbocycles. The second-order valence-corrected chi connectivity index (χ2v) is 8.59. The van der Waals surface area contributed by atoms with E-state index in [4.69, 9.17) is 9.90 Å². The van der Waals surface area contributed by atoms with Gasteiger partial charge in [0, 0.05) is 31.6 Å². The lowest BCUT2D eigenvalue weighted by Gasteiger charge is -2.38. The van der Waals surface area contributed by atoms with Gasteiger partial charge in [0.25, 0.3) is 0 Å². The van der Waals surface area contributed by atoms with Crippen LogP contribution in [-0.4, -0.2) is 58.1 Å². The van der Waals surface area contributed by atoms with Crippen LogP contribution in [0.15, 0.2) is 30.3 Å². The summed E-state index contributed by atoms with van der Waals surface area (Å²) in [6, 6.07) is 10.5. The van der Waals surface area contributed by atoms with Crippen LogP contribution in [0.1, 0.15) is 50.5 Å². The van der Waals surface area contributed by atoms with Gasteiger partial charge in [-0.1, -0.05) is 30.3 Å². The van der Waals surface area contributed by atoms with Gasteiger partial charge >= 0.3 is 12.1 Å². The summed E-state index contributed by atoms with van der Waals surface area (Å²) in [4.78, 5) is 26.3. The Kier molecular flexibility index (Phi) is 7.06. The fourth-order valence-electron chi connectivity index (χ4n) is 4.50. The van der Waals surface area contributed by atoms with Crippen molar-refractivity contribution in [1.82, 2.24) is 9.80 Å². The number of nitrogens with zero attached hydrogens (tertiary/aromatic N) is 2. The van der Waals surface area contributed by atoms with Crippen molar-refractivity contribution in [2.45, 2.75) is 63.2 Å². The van der Waals surface area contributed by atoms with Crippen molar-refractivity contribution < 1.29 is 27.9 Å². The average Bonchev–Trinajstić information content (AvgIpc) is 3.49. The standard InChI is InChI=1S/C20H28N2O.C2HF3O2/c23-19-9-11-20(22(19)16-17-5-2-1-3-6-17)10-4-13-21(14-12-20)15-18-7-8-18;3-2(4,5)1(6)7/h1-3,5-6,18H,4,7-16H2;(H,6,7). The molecule has 1 N–H and O–H groups in total. The van der Waals surface area contributed by atoms with E-state index in [1.807, 2.05) is 6.07 Å². The first-order chi connectivity index (χ1) is 14.2. The fourth-order valence-corrected chi connectivity index (χ4v) is 4.50. The third kappa shape index (κ3) is 5.97. The van der Waals surface area contributed by atoms with Crippen LogP contribution in [0.4, 0.5) is 13.2 Å². The van der Waals surface area contributed by atoms with Crippen LogP contribution in [0.2, 0.25) is 0 Å². The van der Waals surface area contributed by atoms with Crippen LogP contribution < -0.4 is 0 Å². The molecule has 2 saturated heterocycles. The highest BCUT2D eigenvalue weighted by molar-refractivity contribution is 5.79. The second-order valence-electron chi connectivity index (χ2n) is 8.59. The van der Waals surface area contributed by atoms with E-state index in [9.17, 15) is 18.0 Å². The maximum absolute atomic E-state index is 12.5. The number of carbonyl (C=O) groups excluding carboxylic acids is 1. The predicted octanol–water partition coefficient (Wildman–Crippen LogP) is 4.08. The Labute approximate surface area is 174 Å². The number of hydrogen-bond donors (Lipinski definition) is 1. The van der Waals surface area contributed by atoms with E-state index >= 15 is 0 Å². The van der Waals surface area contributed by atoms with Crippen molar-refractivity contribution in [3.63, 3.8) is 0 Å². The normalized spacial score (nSPS) is 25.0. The van der Waals surface area contributed by atoms with E-state index in [-0.39, 0.29) is 5.54 Å². The molecular formula is C22H29F3N2O3. The minimum absolute atomic E-state index is 0.130. The molecule has 30 heavy (non-hydrogen) atoms. The van der Waals surface area contributed by atoms with Crippen molar-refractivity contribution in [1.29, 1.82) is 0 Å². The quantitative estimate of drug-likeness (QED) is 0.788. The molecule has 3 fully saturated rings.